The minimum absolute atomic E-state index is 0.293. The number of carbonyl (C=O) groups excluding carboxylic acids is 1. The Labute approximate surface area is 146 Å². The number of hydrogen-bond acceptors (Lipinski definition) is 5. The Kier molecular flexibility index (Phi) is 5.18. The number of nitrogens with one attached hydrogen (secondary N) is 1. The molecule has 2 aromatic rings. The number of benzene rings is 2. The van der Waals surface area contributed by atoms with Crippen molar-refractivity contribution in [3.63, 3.8) is 0 Å². The van der Waals surface area contributed by atoms with Gasteiger partial charge in [-0.25, -0.2) is 0 Å². The lowest BCUT2D eigenvalue weighted by Gasteiger charge is -2.19. The molecule has 0 aromatic heterocycles. The van der Waals surface area contributed by atoms with Gasteiger partial charge in [0.1, 0.15) is 13.2 Å². The SMILES string of the molecule is Cc1ccccc1/C=N\O[C@@H](C)C(=O)Nc1ccc2c(c1)OCCO2. The maximum Gasteiger partial charge on any atom is 0.267 e. The van der Waals surface area contributed by atoms with Crippen molar-refractivity contribution in [2.24, 2.45) is 5.16 Å². The molecule has 6 nitrogen and oxygen atoms in total. The Morgan fingerprint density at radius 1 is 1.20 bits per heavy atom. The Morgan fingerprint density at radius 2 is 1.96 bits per heavy atom. The molecule has 1 atom stereocenters. The van der Waals surface area contributed by atoms with Crippen molar-refractivity contribution < 1.29 is 19.1 Å². The van der Waals surface area contributed by atoms with Gasteiger partial charge in [0.2, 0.25) is 6.10 Å². The molecule has 0 saturated heterocycles. The zero-order chi connectivity index (χ0) is 17.6. The van der Waals surface area contributed by atoms with E-state index < -0.39 is 6.10 Å². The molecule has 1 N–H and O–H groups in total. The van der Waals surface area contributed by atoms with E-state index in [-0.39, 0.29) is 5.91 Å². The largest absolute Gasteiger partial charge is 0.486 e. The van der Waals surface area contributed by atoms with Gasteiger partial charge in [0.15, 0.2) is 11.5 Å². The summed E-state index contributed by atoms with van der Waals surface area (Å²) in [6, 6.07) is 13.1. The lowest BCUT2D eigenvalue weighted by Crippen LogP contribution is -2.26. The molecule has 0 radical (unpaired) electrons. The van der Waals surface area contributed by atoms with Gasteiger partial charge >= 0.3 is 0 Å². The number of anilines is 1. The van der Waals surface area contributed by atoms with Crippen molar-refractivity contribution in [3.05, 3.63) is 53.6 Å². The number of aryl methyl sites for hydroxylation is 1. The highest BCUT2D eigenvalue weighted by Gasteiger charge is 2.17. The van der Waals surface area contributed by atoms with Crippen LogP contribution in [0.4, 0.5) is 5.69 Å². The van der Waals surface area contributed by atoms with E-state index in [1.165, 1.54) is 0 Å². The van der Waals surface area contributed by atoms with Gasteiger partial charge < -0.3 is 19.6 Å². The Bertz CT molecular complexity index is 789. The fourth-order valence-corrected chi connectivity index (χ4v) is 2.32. The van der Waals surface area contributed by atoms with Gasteiger partial charge in [-0.3, -0.25) is 4.79 Å². The minimum atomic E-state index is -0.728. The Hall–Kier alpha value is -3.02. The Morgan fingerprint density at radius 3 is 2.76 bits per heavy atom. The van der Waals surface area contributed by atoms with Gasteiger partial charge in [-0.05, 0) is 37.1 Å². The van der Waals surface area contributed by atoms with Gasteiger partial charge in [0.05, 0.1) is 6.21 Å². The minimum Gasteiger partial charge on any atom is -0.486 e. The van der Waals surface area contributed by atoms with E-state index in [1.54, 1.807) is 31.3 Å². The van der Waals surface area contributed by atoms with E-state index in [9.17, 15) is 4.79 Å². The molecule has 25 heavy (non-hydrogen) atoms. The molecule has 1 aliphatic heterocycles. The van der Waals surface area contributed by atoms with E-state index in [2.05, 4.69) is 10.5 Å². The smallest absolute Gasteiger partial charge is 0.267 e. The van der Waals surface area contributed by atoms with Gasteiger partial charge in [-0.1, -0.05) is 29.4 Å². The van der Waals surface area contributed by atoms with Crippen LogP contribution in [0.15, 0.2) is 47.6 Å². The van der Waals surface area contributed by atoms with Gasteiger partial charge in [-0.15, -0.1) is 0 Å². The van der Waals surface area contributed by atoms with E-state index in [1.807, 2.05) is 31.2 Å². The molecule has 1 aliphatic rings. The summed E-state index contributed by atoms with van der Waals surface area (Å²) < 4.78 is 11.0. The van der Waals surface area contributed by atoms with Crippen molar-refractivity contribution in [2.75, 3.05) is 18.5 Å². The van der Waals surface area contributed by atoms with Crippen LogP contribution >= 0.6 is 0 Å². The fourth-order valence-electron chi connectivity index (χ4n) is 2.32. The number of carbonyl (C=O) groups is 1. The van der Waals surface area contributed by atoms with Gasteiger partial charge in [-0.2, -0.15) is 0 Å². The number of rotatable bonds is 5. The number of nitrogens with zero attached hydrogens (tertiary/aromatic N) is 1. The maximum absolute atomic E-state index is 12.2. The third-order valence-corrected chi connectivity index (χ3v) is 3.78. The second-order valence-electron chi connectivity index (χ2n) is 5.69. The molecule has 6 heteroatoms. The standard InChI is InChI=1S/C19H20N2O4/c1-13-5-3-4-6-15(13)12-20-25-14(2)19(22)21-16-7-8-17-18(11-16)24-10-9-23-17/h3-8,11-12,14H,9-10H2,1-2H3,(H,21,22)/b20-12-/t14-/m0/s1. The number of hydrogen-bond donors (Lipinski definition) is 1. The molecule has 0 bridgehead atoms. The van der Waals surface area contributed by atoms with Crippen LogP contribution < -0.4 is 14.8 Å². The van der Waals surface area contributed by atoms with E-state index in [4.69, 9.17) is 14.3 Å². The first-order valence-corrected chi connectivity index (χ1v) is 8.09. The summed E-state index contributed by atoms with van der Waals surface area (Å²) in [6.07, 6.45) is 0.872. The normalized spacial score (nSPS) is 14.2. The lowest BCUT2D eigenvalue weighted by molar-refractivity contribution is -0.126. The molecule has 3 rings (SSSR count). The third-order valence-electron chi connectivity index (χ3n) is 3.78. The van der Waals surface area contributed by atoms with Crippen LogP contribution in [0.2, 0.25) is 0 Å². The van der Waals surface area contributed by atoms with Crippen LogP contribution in [0, 0.1) is 6.92 Å². The predicted octanol–water partition coefficient (Wildman–Crippen LogP) is 3.14. The van der Waals surface area contributed by atoms with Crippen molar-refractivity contribution in [1.82, 2.24) is 0 Å². The maximum atomic E-state index is 12.2. The number of amides is 1. The summed E-state index contributed by atoms with van der Waals surface area (Å²) in [5.41, 5.74) is 2.65. The van der Waals surface area contributed by atoms with Crippen molar-refractivity contribution in [1.29, 1.82) is 0 Å². The molecule has 0 spiro atoms. The second-order valence-corrected chi connectivity index (χ2v) is 5.69. The molecule has 0 aliphatic carbocycles. The number of oxime groups is 1. The topological polar surface area (TPSA) is 69.2 Å². The average Bonchev–Trinajstić information content (AvgIpc) is 2.63. The van der Waals surface area contributed by atoms with Gasteiger partial charge in [0.25, 0.3) is 5.91 Å². The van der Waals surface area contributed by atoms with Crippen molar-refractivity contribution in [2.45, 2.75) is 20.0 Å². The summed E-state index contributed by atoms with van der Waals surface area (Å²) in [7, 11) is 0. The first kappa shape index (κ1) is 16.8. The average molecular weight is 340 g/mol. The molecule has 130 valence electrons. The summed E-state index contributed by atoms with van der Waals surface area (Å²) in [5.74, 6) is 1.00. The first-order chi connectivity index (χ1) is 12.1. The number of fused-ring (bicyclic) bond motifs is 1. The summed E-state index contributed by atoms with van der Waals surface area (Å²) in [4.78, 5) is 17.5. The summed E-state index contributed by atoms with van der Waals surface area (Å²) in [5, 5.41) is 6.68. The van der Waals surface area contributed by atoms with Crippen molar-refractivity contribution in [3.8, 4) is 11.5 Å². The molecule has 0 unspecified atom stereocenters. The van der Waals surface area contributed by atoms with Crippen LogP contribution in [0.1, 0.15) is 18.1 Å². The van der Waals surface area contributed by atoms with Crippen LogP contribution in [-0.4, -0.2) is 31.4 Å². The van der Waals surface area contributed by atoms with Crippen LogP contribution in [0.5, 0.6) is 11.5 Å². The highest BCUT2D eigenvalue weighted by molar-refractivity contribution is 5.94. The third kappa shape index (κ3) is 4.29. The Balaban J connectivity index is 1.56. The monoisotopic (exact) mass is 340 g/mol. The van der Waals surface area contributed by atoms with Crippen LogP contribution in [0.3, 0.4) is 0 Å². The molecule has 0 saturated carbocycles. The zero-order valence-electron chi connectivity index (χ0n) is 14.2. The van der Waals surface area contributed by atoms with Crippen LogP contribution in [-0.2, 0) is 9.63 Å². The van der Waals surface area contributed by atoms with Crippen LogP contribution in [0.25, 0.3) is 0 Å². The molecule has 1 amide bonds. The van der Waals surface area contributed by atoms with E-state index >= 15 is 0 Å². The summed E-state index contributed by atoms with van der Waals surface area (Å²) >= 11 is 0. The molecule has 1 heterocycles. The fraction of sp³-hybridized carbons (Fsp3) is 0.263. The van der Waals surface area contributed by atoms with E-state index in [0.717, 1.165) is 11.1 Å². The first-order valence-electron chi connectivity index (χ1n) is 8.09. The van der Waals surface area contributed by atoms with Gasteiger partial charge in [0, 0.05) is 11.8 Å². The number of ether oxygens (including phenoxy) is 2. The molecular formula is C19H20N2O4. The molecule has 0 fully saturated rings. The quantitative estimate of drug-likeness (QED) is 0.671. The highest BCUT2D eigenvalue weighted by Crippen LogP contribution is 2.32. The molecule has 2 aromatic carbocycles. The molecular weight excluding hydrogens is 320 g/mol. The predicted molar refractivity (Wildman–Crippen MR) is 95.4 cm³/mol. The van der Waals surface area contributed by atoms with E-state index in [0.29, 0.717) is 30.4 Å². The van der Waals surface area contributed by atoms with Crippen molar-refractivity contribution >= 4 is 17.8 Å². The summed E-state index contributed by atoms with van der Waals surface area (Å²) in [6.45, 7) is 4.65. The highest BCUT2D eigenvalue weighted by atomic mass is 16.6. The second kappa shape index (κ2) is 7.70. The lowest BCUT2D eigenvalue weighted by atomic mass is 10.1. The zero-order valence-corrected chi connectivity index (χ0v) is 14.2.